The number of hydrogen-bond acceptors (Lipinski definition) is 4. The summed E-state index contributed by atoms with van der Waals surface area (Å²) >= 11 is 0. The van der Waals surface area contributed by atoms with Crippen molar-refractivity contribution in [3.05, 3.63) is 54.1 Å². The fourth-order valence-electron chi connectivity index (χ4n) is 2.78. The summed E-state index contributed by atoms with van der Waals surface area (Å²) in [5.74, 6) is 1.81. The van der Waals surface area contributed by atoms with Crippen molar-refractivity contribution in [3.8, 4) is 11.5 Å². The number of hydrogen-bond donors (Lipinski definition) is 1. The molecule has 24 heavy (non-hydrogen) atoms. The zero-order chi connectivity index (χ0) is 16.6. The van der Waals surface area contributed by atoms with E-state index >= 15 is 0 Å². The standard InChI is InChI=1S/C20H25NO3/c1-2-22-20-8-4-3-6-16(20)14-21-17-9-11-18(12-10-17)24-15-19-7-5-13-23-19/h3-4,6,8-12,19,21H,2,5,7,13-15H2,1H3. The number of para-hydroxylation sites is 1. The van der Waals surface area contributed by atoms with Gasteiger partial charge in [-0.05, 0) is 50.1 Å². The minimum Gasteiger partial charge on any atom is -0.494 e. The van der Waals surface area contributed by atoms with Gasteiger partial charge in [0.25, 0.3) is 0 Å². The van der Waals surface area contributed by atoms with Crippen molar-refractivity contribution < 1.29 is 14.2 Å². The van der Waals surface area contributed by atoms with Gasteiger partial charge in [-0.3, -0.25) is 0 Å². The molecule has 0 spiro atoms. The highest BCUT2D eigenvalue weighted by Gasteiger charge is 2.15. The van der Waals surface area contributed by atoms with Crippen LogP contribution in [0, 0.1) is 0 Å². The first kappa shape index (κ1) is 16.7. The summed E-state index contributed by atoms with van der Waals surface area (Å²) in [5, 5.41) is 3.42. The molecule has 0 amide bonds. The van der Waals surface area contributed by atoms with Crippen molar-refractivity contribution >= 4 is 5.69 Å². The van der Waals surface area contributed by atoms with E-state index < -0.39 is 0 Å². The predicted octanol–water partition coefficient (Wildman–Crippen LogP) is 4.26. The van der Waals surface area contributed by atoms with E-state index in [1.165, 1.54) is 0 Å². The van der Waals surface area contributed by atoms with Crippen molar-refractivity contribution in [2.75, 3.05) is 25.1 Å². The van der Waals surface area contributed by atoms with E-state index in [1.54, 1.807) is 0 Å². The highest BCUT2D eigenvalue weighted by atomic mass is 16.5. The van der Waals surface area contributed by atoms with Crippen molar-refractivity contribution in [1.82, 2.24) is 0 Å². The van der Waals surface area contributed by atoms with Crippen LogP contribution in [0.25, 0.3) is 0 Å². The Bertz CT molecular complexity index is 621. The molecule has 0 aliphatic carbocycles. The Balaban J connectivity index is 1.50. The fourth-order valence-corrected chi connectivity index (χ4v) is 2.78. The summed E-state index contributed by atoms with van der Waals surface area (Å²) in [5.41, 5.74) is 2.21. The normalized spacial score (nSPS) is 16.8. The van der Waals surface area contributed by atoms with Crippen LogP contribution in [0.2, 0.25) is 0 Å². The van der Waals surface area contributed by atoms with E-state index in [0.717, 1.165) is 48.7 Å². The monoisotopic (exact) mass is 327 g/mol. The van der Waals surface area contributed by atoms with Gasteiger partial charge < -0.3 is 19.5 Å². The van der Waals surface area contributed by atoms with Gasteiger partial charge in [0, 0.05) is 24.4 Å². The summed E-state index contributed by atoms with van der Waals surface area (Å²) in [6.07, 6.45) is 2.48. The number of ether oxygens (including phenoxy) is 3. The van der Waals surface area contributed by atoms with Gasteiger partial charge in [-0.1, -0.05) is 18.2 Å². The zero-order valence-corrected chi connectivity index (χ0v) is 14.2. The van der Waals surface area contributed by atoms with Crippen molar-refractivity contribution in [1.29, 1.82) is 0 Å². The molecule has 2 aromatic rings. The smallest absolute Gasteiger partial charge is 0.124 e. The summed E-state index contributed by atoms with van der Waals surface area (Å²) in [7, 11) is 0. The van der Waals surface area contributed by atoms with Gasteiger partial charge in [0.05, 0.1) is 12.7 Å². The van der Waals surface area contributed by atoms with E-state index in [0.29, 0.717) is 13.2 Å². The molecule has 1 aliphatic heterocycles. The quantitative estimate of drug-likeness (QED) is 0.786. The maximum absolute atomic E-state index is 5.79. The molecule has 1 fully saturated rings. The lowest BCUT2D eigenvalue weighted by atomic mass is 10.2. The number of rotatable bonds is 8. The molecule has 0 radical (unpaired) electrons. The lowest BCUT2D eigenvalue weighted by Gasteiger charge is -2.13. The van der Waals surface area contributed by atoms with E-state index in [2.05, 4.69) is 11.4 Å². The van der Waals surface area contributed by atoms with Crippen LogP contribution in [-0.2, 0) is 11.3 Å². The van der Waals surface area contributed by atoms with Crippen LogP contribution in [0.3, 0.4) is 0 Å². The molecule has 4 nitrogen and oxygen atoms in total. The molecule has 1 heterocycles. The highest BCUT2D eigenvalue weighted by Crippen LogP contribution is 2.21. The fraction of sp³-hybridized carbons (Fsp3) is 0.400. The average Bonchev–Trinajstić information content (AvgIpc) is 3.14. The van der Waals surface area contributed by atoms with Crippen molar-refractivity contribution in [2.24, 2.45) is 0 Å². The maximum atomic E-state index is 5.79. The second-order valence-electron chi connectivity index (χ2n) is 5.86. The molecule has 0 aromatic heterocycles. The average molecular weight is 327 g/mol. The molecule has 128 valence electrons. The van der Waals surface area contributed by atoms with E-state index in [4.69, 9.17) is 14.2 Å². The second-order valence-corrected chi connectivity index (χ2v) is 5.86. The van der Waals surface area contributed by atoms with Crippen LogP contribution in [0.15, 0.2) is 48.5 Å². The Morgan fingerprint density at radius 1 is 1.08 bits per heavy atom. The zero-order valence-electron chi connectivity index (χ0n) is 14.2. The Morgan fingerprint density at radius 3 is 2.67 bits per heavy atom. The molecular weight excluding hydrogens is 302 g/mol. The van der Waals surface area contributed by atoms with Crippen LogP contribution in [0.1, 0.15) is 25.3 Å². The first-order chi connectivity index (χ1) is 11.8. The van der Waals surface area contributed by atoms with Gasteiger partial charge in [0.2, 0.25) is 0 Å². The molecule has 4 heteroatoms. The minimum absolute atomic E-state index is 0.248. The molecule has 1 aliphatic rings. The Morgan fingerprint density at radius 2 is 1.92 bits per heavy atom. The highest BCUT2D eigenvalue weighted by molar-refractivity contribution is 5.47. The van der Waals surface area contributed by atoms with Gasteiger partial charge >= 0.3 is 0 Å². The second kappa shape index (κ2) is 8.60. The summed E-state index contributed by atoms with van der Waals surface area (Å²) in [6.45, 7) is 4.90. The number of nitrogens with one attached hydrogen (secondary N) is 1. The number of anilines is 1. The molecule has 0 saturated carbocycles. The van der Waals surface area contributed by atoms with Crippen LogP contribution < -0.4 is 14.8 Å². The van der Waals surface area contributed by atoms with Crippen LogP contribution >= 0.6 is 0 Å². The summed E-state index contributed by atoms with van der Waals surface area (Å²) < 4.78 is 17.0. The lowest BCUT2D eigenvalue weighted by Crippen LogP contribution is -2.16. The molecule has 1 saturated heterocycles. The van der Waals surface area contributed by atoms with E-state index in [-0.39, 0.29) is 6.10 Å². The first-order valence-corrected chi connectivity index (χ1v) is 8.64. The van der Waals surface area contributed by atoms with E-state index in [9.17, 15) is 0 Å². The van der Waals surface area contributed by atoms with Crippen LogP contribution in [-0.4, -0.2) is 25.9 Å². The third-order valence-electron chi connectivity index (χ3n) is 4.07. The Labute approximate surface area is 143 Å². The van der Waals surface area contributed by atoms with Gasteiger partial charge in [-0.15, -0.1) is 0 Å². The van der Waals surface area contributed by atoms with Crippen molar-refractivity contribution in [3.63, 3.8) is 0 Å². The van der Waals surface area contributed by atoms with Gasteiger partial charge in [0.1, 0.15) is 18.1 Å². The summed E-state index contributed by atoms with van der Waals surface area (Å²) in [4.78, 5) is 0. The minimum atomic E-state index is 0.248. The van der Waals surface area contributed by atoms with Gasteiger partial charge in [-0.2, -0.15) is 0 Å². The lowest BCUT2D eigenvalue weighted by molar-refractivity contribution is 0.0679. The first-order valence-electron chi connectivity index (χ1n) is 8.64. The molecule has 1 N–H and O–H groups in total. The van der Waals surface area contributed by atoms with E-state index in [1.807, 2.05) is 49.4 Å². The maximum Gasteiger partial charge on any atom is 0.124 e. The van der Waals surface area contributed by atoms with Gasteiger partial charge in [-0.25, -0.2) is 0 Å². The SMILES string of the molecule is CCOc1ccccc1CNc1ccc(OCC2CCCO2)cc1. The van der Waals surface area contributed by atoms with Gasteiger partial charge in [0.15, 0.2) is 0 Å². The molecular formula is C20H25NO3. The van der Waals surface area contributed by atoms with Crippen molar-refractivity contribution in [2.45, 2.75) is 32.4 Å². The topological polar surface area (TPSA) is 39.7 Å². The number of benzene rings is 2. The third kappa shape index (κ3) is 4.65. The Kier molecular flexibility index (Phi) is 5.96. The Hall–Kier alpha value is -2.20. The molecule has 1 unspecified atom stereocenters. The molecule has 2 aromatic carbocycles. The summed E-state index contributed by atoms with van der Waals surface area (Å²) in [6, 6.07) is 16.2. The van der Waals surface area contributed by atoms with Crippen LogP contribution in [0.4, 0.5) is 5.69 Å². The predicted molar refractivity (Wildman–Crippen MR) is 95.8 cm³/mol. The van der Waals surface area contributed by atoms with Crippen LogP contribution in [0.5, 0.6) is 11.5 Å². The largest absolute Gasteiger partial charge is 0.494 e. The molecule has 0 bridgehead atoms. The third-order valence-corrected chi connectivity index (χ3v) is 4.07. The molecule has 1 atom stereocenters. The molecule has 3 rings (SSSR count).